The van der Waals surface area contributed by atoms with Gasteiger partial charge in [-0.3, -0.25) is 4.79 Å². The third kappa shape index (κ3) is 4.44. The number of methoxy groups -OCH3 is 2. The molecule has 1 aliphatic rings. The third-order valence-corrected chi connectivity index (χ3v) is 3.29. The summed E-state index contributed by atoms with van der Waals surface area (Å²) >= 11 is 0. The Labute approximate surface area is 123 Å². The van der Waals surface area contributed by atoms with E-state index in [-0.39, 0.29) is 17.9 Å². The molecule has 21 heavy (non-hydrogen) atoms. The van der Waals surface area contributed by atoms with Crippen molar-refractivity contribution in [1.82, 2.24) is 19.9 Å². The number of anilines is 1. The summed E-state index contributed by atoms with van der Waals surface area (Å²) < 4.78 is 9.93. The van der Waals surface area contributed by atoms with E-state index in [1.165, 1.54) is 20.6 Å². The molecule has 0 bridgehead atoms. The molecule has 1 aromatic heterocycles. The summed E-state index contributed by atoms with van der Waals surface area (Å²) in [4.78, 5) is 25.9. The highest BCUT2D eigenvalue weighted by Crippen LogP contribution is 2.13. The first-order chi connectivity index (χ1) is 10.2. The summed E-state index contributed by atoms with van der Waals surface area (Å²) in [5.41, 5.74) is 0. The Morgan fingerprint density at radius 1 is 1.10 bits per heavy atom. The second kappa shape index (κ2) is 7.61. The number of ether oxygens (including phenoxy) is 2. The van der Waals surface area contributed by atoms with Crippen molar-refractivity contribution >= 4 is 11.9 Å². The molecule has 0 spiro atoms. The van der Waals surface area contributed by atoms with Gasteiger partial charge in [-0.1, -0.05) is 0 Å². The van der Waals surface area contributed by atoms with Crippen LogP contribution in [-0.2, 0) is 4.79 Å². The number of likely N-dealkylation sites (tertiary alicyclic amines) is 1. The predicted octanol–water partition coefficient (Wildman–Crippen LogP) is 0.703. The predicted molar refractivity (Wildman–Crippen MR) is 76.5 cm³/mol. The van der Waals surface area contributed by atoms with E-state index in [4.69, 9.17) is 9.47 Å². The number of aromatic nitrogens is 3. The smallest absolute Gasteiger partial charge is 0.324 e. The number of amides is 1. The van der Waals surface area contributed by atoms with Crippen molar-refractivity contribution in [1.29, 1.82) is 0 Å². The number of carbonyl (C=O) groups excluding carboxylic acids is 1. The highest BCUT2D eigenvalue weighted by molar-refractivity contribution is 5.76. The number of hydrogen-bond acceptors (Lipinski definition) is 7. The van der Waals surface area contributed by atoms with Crippen molar-refractivity contribution in [2.75, 3.05) is 39.2 Å². The van der Waals surface area contributed by atoms with Crippen LogP contribution in [0.4, 0.5) is 5.95 Å². The van der Waals surface area contributed by atoms with Crippen molar-refractivity contribution in [3.63, 3.8) is 0 Å². The van der Waals surface area contributed by atoms with Gasteiger partial charge in [0.1, 0.15) is 0 Å². The van der Waals surface area contributed by atoms with Crippen LogP contribution in [0.3, 0.4) is 0 Å². The third-order valence-electron chi connectivity index (χ3n) is 3.29. The fourth-order valence-electron chi connectivity index (χ4n) is 2.18. The lowest BCUT2D eigenvalue weighted by molar-refractivity contribution is -0.131. The minimum absolute atomic E-state index is 0.162. The lowest BCUT2D eigenvalue weighted by atomic mass is 10.1. The number of hydrogen-bond donors (Lipinski definition) is 1. The van der Waals surface area contributed by atoms with Gasteiger partial charge in [0.2, 0.25) is 11.9 Å². The van der Waals surface area contributed by atoms with Crippen LogP contribution in [0.5, 0.6) is 12.0 Å². The van der Waals surface area contributed by atoms with Gasteiger partial charge in [0.25, 0.3) is 0 Å². The average molecular weight is 295 g/mol. The quantitative estimate of drug-likeness (QED) is 0.826. The van der Waals surface area contributed by atoms with Gasteiger partial charge < -0.3 is 19.7 Å². The highest BCUT2D eigenvalue weighted by atomic mass is 16.5. The molecular weight excluding hydrogens is 274 g/mol. The van der Waals surface area contributed by atoms with E-state index in [0.717, 1.165) is 25.9 Å². The summed E-state index contributed by atoms with van der Waals surface area (Å²) in [6, 6.07) is 0.346. The van der Waals surface area contributed by atoms with Crippen LogP contribution in [0.25, 0.3) is 0 Å². The molecule has 0 saturated carbocycles. The van der Waals surface area contributed by atoms with E-state index in [2.05, 4.69) is 20.3 Å². The summed E-state index contributed by atoms with van der Waals surface area (Å²) in [7, 11) is 2.94. The van der Waals surface area contributed by atoms with Gasteiger partial charge in [-0.05, 0) is 19.3 Å². The SMILES string of the molecule is COc1nc(NCCC(=O)N2CCCCC2)nc(OC)n1. The molecular formula is C13H21N5O3. The zero-order chi connectivity index (χ0) is 15.1. The molecule has 1 aromatic rings. The van der Waals surface area contributed by atoms with Crippen molar-refractivity contribution in [2.45, 2.75) is 25.7 Å². The van der Waals surface area contributed by atoms with Crippen LogP contribution in [0.15, 0.2) is 0 Å². The van der Waals surface area contributed by atoms with Crippen LogP contribution < -0.4 is 14.8 Å². The van der Waals surface area contributed by atoms with Gasteiger partial charge in [-0.15, -0.1) is 4.98 Å². The van der Waals surface area contributed by atoms with Gasteiger partial charge >= 0.3 is 12.0 Å². The molecule has 1 N–H and O–H groups in total. The Hall–Kier alpha value is -2.12. The maximum absolute atomic E-state index is 12.0. The number of rotatable bonds is 6. The Morgan fingerprint density at radius 3 is 2.29 bits per heavy atom. The van der Waals surface area contributed by atoms with Crippen LogP contribution in [0, 0.1) is 0 Å². The van der Waals surface area contributed by atoms with E-state index in [1.54, 1.807) is 0 Å². The van der Waals surface area contributed by atoms with E-state index >= 15 is 0 Å². The van der Waals surface area contributed by atoms with Gasteiger partial charge in [0.15, 0.2) is 0 Å². The average Bonchev–Trinajstić information content (AvgIpc) is 2.55. The summed E-state index contributed by atoms with van der Waals surface area (Å²) in [6.07, 6.45) is 3.82. The molecule has 8 nitrogen and oxygen atoms in total. The van der Waals surface area contributed by atoms with Crippen molar-refractivity contribution in [3.05, 3.63) is 0 Å². The molecule has 0 aliphatic carbocycles. The van der Waals surface area contributed by atoms with Crippen LogP contribution in [-0.4, -0.2) is 59.6 Å². The summed E-state index contributed by atoms with van der Waals surface area (Å²) in [6.45, 7) is 2.20. The lowest BCUT2D eigenvalue weighted by Crippen LogP contribution is -2.36. The fraction of sp³-hybridized carbons (Fsp3) is 0.692. The second-order valence-electron chi connectivity index (χ2n) is 4.75. The van der Waals surface area contributed by atoms with Gasteiger partial charge in [0.05, 0.1) is 14.2 Å². The highest BCUT2D eigenvalue weighted by Gasteiger charge is 2.16. The fourth-order valence-corrected chi connectivity index (χ4v) is 2.18. The second-order valence-corrected chi connectivity index (χ2v) is 4.75. The number of piperidine rings is 1. The molecule has 1 saturated heterocycles. The monoisotopic (exact) mass is 295 g/mol. The van der Waals surface area contributed by atoms with E-state index in [9.17, 15) is 4.79 Å². The maximum Gasteiger partial charge on any atom is 0.324 e. The van der Waals surface area contributed by atoms with E-state index < -0.39 is 0 Å². The molecule has 0 unspecified atom stereocenters. The Kier molecular flexibility index (Phi) is 5.53. The van der Waals surface area contributed by atoms with Crippen molar-refractivity contribution < 1.29 is 14.3 Å². The molecule has 0 radical (unpaired) electrons. The Bertz CT molecular complexity index is 455. The van der Waals surface area contributed by atoms with Gasteiger partial charge in [0, 0.05) is 26.1 Å². The maximum atomic E-state index is 12.0. The van der Waals surface area contributed by atoms with Crippen LogP contribution >= 0.6 is 0 Å². The van der Waals surface area contributed by atoms with E-state index in [1.807, 2.05) is 4.90 Å². The number of nitrogens with zero attached hydrogens (tertiary/aromatic N) is 4. The zero-order valence-electron chi connectivity index (χ0n) is 12.5. The molecule has 1 aliphatic heterocycles. The van der Waals surface area contributed by atoms with Crippen LogP contribution in [0.2, 0.25) is 0 Å². The summed E-state index contributed by atoms with van der Waals surface area (Å²) in [5.74, 6) is 0.500. The molecule has 1 fully saturated rings. The first-order valence-electron chi connectivity index (χ1n) is 7.08. The standard InChI is InChI=1S/C13H21N5O3/c1-20-12-15-11(16-13(17-12)21-2)14-7-6-10(19)18-8-4-3-5-9-18/h3-9H2,1-2H3,(H,14,15,16,17). The minimum atomic E-state index is 0.162. The Balaban J connectivity index is 1.83. The first-order valence-corrected chi connectivity index (χ1v) is 7.08. The lowest BCUT2D eigenvalue weighted by Gasteiger charge is -2.26. The minimum Gasteiger partial charge on any atom is -0.467 e. The molecule has 116 valence electrons. The number of carbonyl (C=O) groups is 1. The van der Waals surface area contributed by atoms with E-state index in [0.29, 0.717) is 18.9 Å². The van der Waals surface area contributed by atoms with Crippen molar-refractivity contribution in [3.8, 4) is 12.0 Å². The molecule has 1 amide bonds. The number of nitrogens with one attached hydrogen (secondary N) is 1. The topological polar surface area (TPSA) is 89.5 Å². The Morgan fingerprint density at radius 2 is 1.71 bits per heavy atom. The molecule has 8 heteroatoms. The van der Waals surface area contributed by atoms with Crippen LogP contribution in [0.1, 0.15) is 25.7 Å². The molecule has 0 aromatic carbocycles. The first kappa shape index (κ1) is 15.3. The van der Waals surface area contributed by atoms with Gasteiger partial charge in [-0.2, -0.15) is 9.97 Å². The largest absolute Gasteiger partial charge is 0.467 e. The molecule has 2 rings (SSSR count). The van der Waals surface area contributed by atoms with Gasteiger partial charge in [-0.25, -0.2) is 0 Å². The molecule has 0 atom stereocenters. The normalized spacial score (nSPS) is 14.7. The van der Waals surface area contributed by atoms with Crippen molar-refractivity contribution in [2.24, 2.45) is 0 Å². The molecule has 2 heterocycles. The zero-order valence-corrected chi connectivity index (χ0v) is 12.5. The summed E-state index contributed by atoms with van der Waals surface area (Å²) in [5, 5.41) is 2.99.